The van der Waals surface area contributed by atoms with Crippen molar-refractivity contribution in [3.05, 3.63) is 59.5 Å². The third-order valence-electron chi connectivity index (χ3n) is 5.22. The minimum atomic E-state index is -3.28. The van der Waals surface area contributed by atoms with E-state index in [9.17, 15) is 8.42 Å². The summed E-state index contributed by atoms with van der Waals surface area (Å²) in [6.45, 7) is 4.10. The Morgan fingerprint density at radius 3 is 2.45 bits per heavy atom. The average molecular weight is 468 g/mol. The summed E-state index contributed by atoms with van der Waals surface area (Å²) in [7, 11) is -0.0931. The average Bonchev–Trinajstić information content (AvgIpc) is 3.12. The maximum Gasteiger partial charge on any atom is 0.227 e. The van der Waals surface area contributed by atoms with E-state index in [1.165, 1.54) is 6.26 Å². The van der Waals surface area contributed by atoms with E-state index in [1.807, 2.05) is 38.1 Å². The Hall–Kier alpha value is -3.66. The number of anilines is 1. The number of ether oxygens (including phenoxy) is 2. The second-order valence-electron chi connectivity index (χ2n) is 7.63. The molecule has 0 spiro atoms. The highest BCUT2D eigenvalue weighted by molar-refractivity contribution is 7.90. The summed E-state index contributed by atoms with van der Waals surface area (Å²) in [6.07, 6.45) is 1.19. The van der Waals surface area contributed by atoms with Crippen molar-refractivity contribution in [3.63, 3.8) is 0 Å². The molecule has 2 heterocycles. The Bertz CT molecular complexity index is 1450. The number of methoxy groups -OCH3 is 2. The standard InChI is InChI=1S/C23H25N5O4S/c1-14-21(17-9-10-19(31-3)20(12-17)32-4)22-25-15(2)26-23(28(22)27-14)24-13-16-7-6-8-18(11-16)33(5,29)30/h6-12H,13H2,1-5H3,(H,24,25,26). The molecule has 0 fully saturated rings. The SMILES string of the molecule is COc1ccc(-c2c(C)nn3c(NCc4cccc(S(C)(=O)=O)c4)nc(C)nc23)cc1OC. The molecule has 0 aliphatic rings. The van der Waals surface area contributed by atoms with E-state index in [0.29, 0.717) is 35.5 Å². The first kappa shape index (κ1) is 22.5. The zero-order valence-corrected chi connectivity index (χ0v) is 19.9. The minimum Gasteiger partial charge on any atom is -0.493 e. The van der Waals surface area contributed by atoms with Crippen LogP contribution in [0.4, 0.5) is 5.95 Å². The van der Waals surface area contributed by atoms with Crippen LogP contribution in [0.1, 0.15) is 17.1 Å². The van der Waals surface area contributed by atoms with Gasteiger partial charge in [0.1, 0.15) is 5.82 Å². The first-order valence-electron chi connectivity index (χ1n) is 10.2. The zero-order valence-electron chi connectivity index (χ0n) is 19.1. The molecule has 0 unspecified atom stereocenters. The lowest BCUT2D eigenvalue weighted by molar-refractivity contribution is 0.355. The van der Waals surface area contributed by atoms with Crippen LogP contribution in [0.3, 0.4) is 0 Å². The van der Waals surface area contributed by atoms with E-state index >= 15 is 0 Å². The van der Waals surface area contributed by atoms with Gasteiger partial charge in [-0.15, -0.1) is 0 Å². The summed E-state index contributed by atoms with van der Waals surface area (Å²) >= 11 is 0. The molecule has 4 rings (SSSR count). The first-order chi connectivity index (χ1) is 15.7. The smallest absolute Gasteiger partial charge is 0.227 e. The van der Waals surface area contributed by atoms with Crippen LogP contribution in [0.25, 0.3) is 16.8 Å². The van der Waals surface area contributed by atoms with Gasteiger partial charge in [-0.2, -0.15) is 14.6 Å². The molecule has 172 valence electrons. The van der Waals surface area contributed by atoms with Gasteiger partial charge in [0, 0.05) is 18.4 Å². The molecule has 33 heavy (non-hydrogen) atoms. The van der Waals surface area contributed by atoms with E-state index in [1.54, 1.807) is 36.9 Å². The molecule has 0 aliphatic heterocycles. The fraction of sp³-hybridized carbons (Fsp3) is 0.261. The molecule has 2 aromatic heterocycles. The van der Waals surface area contributed by atoms with Crippen LogP contribution >= 0.6 is 0 Å². The number of aromatic nitrogens is 4. The van der Waals surface area contributed by atoms with Gasteiger partial charge in [0.05, 0.1) is 24.8 Å². The van der Waals surface area contributed by atoms with Crippen molar-refractivity contribution in [2.75, 3.05) is 25.8 Å². The Balaban J connectivity index is 1.74. The van der Waals surface area contributed by atoms with Gasteiger partial charge in [-0.25, -0.2) is 13.4 Å². The number of hydrogen-bond donors (Lipinski definition) is 1. The Kier molecular flexibility index (Phi) is 5.94. The molecule has 0 saturated heterocycles. The summed E-state index contributed by atoms with van der Waals surface area (Å²) in [6, 6.07) is 12.5. The zero-order chi connectivity index (χ0) is 23.8. The van der Waals surface area contributed by atoms with Crippen molar-refractivity contribution in [1.29, 1.82) is 0 Å². The summed E-state index contributed by atoms with van der Waals surface area (Å²) in [5, 5.41) is 7.93. The topological polar surface area (TPSA) is 108 Å². The molecule has 0 atom stereocenters. The third-order valence-corrected chi connectivity index (χ3v) is 6.33. The number of aryl methyl sites for hydroxylation is 2. The third kappa shape index (κ3) is 4.47. The molecule has 0 bridgehead atoms. The predicted molar refractivity (Wildman–Crippen MR) is 126 cm³/mol. The Labute approximate surface area is 192 Å². The summed E-state index contributed by atoms with van der Waals surface area (Å²) < 4.78 is 36.2. The molecule has 10 heteroatoms. The number of rotatable bonds is 7. The first-order valence-corrected chi connectivity index (χ1v) is 12.1. The van der Waals surface area contributed by atoms with Crippen LogP contribution in [-0.4, -0.2) is 48.5 Å². The monoisotopic (exact) mass is 467 g/mol. The molecule has 4 aromatic rings. The minimum absolute atomic E-state index is 0.275. The van der Waals surface area contributed by atoms with Gasteiger partial charge in [0.25, 0.3) is 0 Å². The lowest BCUT2D eigenvalue weighted by Crippen LogP contribution is -2.10. The fourth-order valence-electron chi connectivity index (χ4n) is 3.66. The molecular formula is C23H25N5O4S. The number of fused-ring (bicyclic) bond motifs is 1. The van der Waals surface area contributed by atoms with Gasteiger partial charge in [-0.05, 0) is 49.2 Å². The van der Waals surface area contributed by atoms with Crippen molar-refractivity contribution < 1.29 is 17.9 Å². The Morgan fingerprint density at radius 1 is 1.00 bits per heavy atom. The predicted octanol–water partition coefficient (Wildman–Crippen LogP) is 3.44. The normalized spacial score (nSPS) is 11.5. The van der Waals surface area contributed by atoms with Crippen molar-refractivity contribution in [1.82, 2.24) is 19.6 Å². The van der Waals surface area contributed by atoms with Crippen LogP contribution in [0.2, 0.25) is 0 Å². The molecule has 1 N–H and O–H groups in total. The van der Waals surface area contributed by atoms with Gasteiger partial charge in [-0.1, -0.05) is 18.2 Å². The van der Waals surface area contributed by atoms with Crippen molar-refractivity contribution in [2.45, 2.75) is 25.3 Å². The van der Waals surface area contributed by atoms with Gasteiger partial charge in [0.2, 0.25) is 5.95 Å². The van der Waals surface area contributed by atoms with Gasteiger partial charge in [-0.3, -0.25) is 0 Å². The lowest BCUT2D eigenvalue weighted by Gasteiger charge is -2.11. The number of nitrogens with zero attached hydrogens (tertiary/aromatic N) is 4. The van der Waals surface area contributed by atoms with E-state index < -0.39 is 9.84 Å². The molecule has 0 saturated carbocycles. The van der Waals surface area contributed by atoms with Gasteiger partial charge < -0.3 is 14.8 Å². The van der Waals surface area contributed by atoms with E-state index in [0.717, 1.165) is 22.4 Å². The summed E-state index contributed by atoms with van der Waals surface area (Å²) in [5.74, 6) is 2.34. The van der Waals surface area contributed by atoms with Crippen molar-refractivity contribution in [3.8, 4) is 22.6 Å². The fourth-order valence-corrected chi connectivity index (χ4v) is 4.35. The number of benzene rings is 2. The molecule has 2 aromatic carbocycles. The second-order valence-corrected chi connectivity index (χ2v) is 9.65. The maximum absolute atomic E-state index is 11.9. The lowest BCUT2D eigenvalue weighted by atomic mass is 10.1. The van der Waals surface area contributed by atoms with E-state index in [4.69, 9.17) is 9.47 Å². The summed E-state index contributed by atoms with van der Waals surface area (Å²) in [4.78, 5) is 9.42. The van der Waals surface area contributed by atoms with E-state index in [2.05, 4.69) is 20.4 Å². The Morgan fingerprint density at radius 2 is 1.76 bits per heavy atom. The van der Waals surface area contributed by atoms with Crippen molar-refractivity contribution >= 4 is 21.4 Å². The molecular weight excluding hydrogens is 442 g/mol. The van der Waals surface area contributed by atoms with Crippen LogP contribution in [0, 0.1) is 13.8 Å². The summed E-state index contributed by atoms with van der Waals surface area (Å²) in [5.41, 5.74) is 4.00. The van der Waals surface area contributed by atoms with Gasteiger partial charge >= 0.3 is 0 Å². The van der Waals surface area contributed by atoms with E-state index in [-0.39, 0.29) is 4.90 Å². The second kappa shape index (κ2) is 8.70. The number of sulfone groups is 1. The highest BCUT2D eigenvalue weighted by Crippen LogP contribution is 2.35. The molecule has 0 amide bonds. The molecule has 9 nitrogen and oxygen atoms in total. The highest BCUT2D eigenvalue weighted by atomic mass is 32.2. The molecule has 0 aliphatic carbocycles. The largest absolute Gasteiger partial charge is 0.493 e. The van der Waals surface area contributed by atoms with Gasteiger partial charge in [0.15, 0.2) is 27.0 Å². The van der Waals surface area contributed by atoms with Crippen LogP contribution in [0.15, 0.2) is 47.4 Å². The van der Waals surface area contributed by atoms with Crippen molar-refractivity contribution in [2.24, 2.45) is 0 Å². The number of hydrogen-bond acceptors (Lipinski definition) is 8. The highest BCUT2D eigenvalue weighted by Gasteiger charge is 2.18. The van der Waals surface area contributed by atoms with Crippen LogP contribution < -0.4 is 14.8 Å². The maximum atomic E-state index is 11.9. The van der Waals surface area contributed by atoms with Crippen LogP contribution in [0.5, 0.6) is 11.5 Å². The quantitative estimate of drug-likeness (QED) is 0.440. The van der Waals surface area contributed by atoms with Crippen LogP contribution in [-0.2, 0) is 16.4 Å². The number of nitrogens with one attached hydrogen (secondary N) is 1. The molecule has 0 radical (unpaired) electrons.